The molecule has 1 saturated carbocycles. The molecule has 0 aromatic carbocycles. The first kappa shape index (κ1) is 8.98. The molecule has 0 bridgehead atoms. The Balaban J connectivity index is 1.83. The minimum atomic E-state index is 0.426. The van der Waals surface area contributed by atoms with Crippen LogP contribution in [0, 0.1) is 5.92 Å². The summed E-state index contributed by atoms with van der Waals surface area (Å²) in [6.07, 6.45) is 11.7. The van der Waals surface area contributed by atoms with Crippen LogP contribution in [0.4, 0.5) is 0 Å². The van der Waals surface area contributed by atoms with Crippen LogP contribution < -0.4 is 0 Å². The van der Waals surface area contributed by atoms with E-state index in [9.17, 15) is 4.79 Å². The van der Waals surface area contributed by atoms with Crippen LogP contribution in [0.2, 0.25) is 0 Å². The summed E-state index contributed by atoms with van der Waals surface area (Å²) in [6, 6.07) is 0. The maximum atomic E-state index is 11.0. The Bertz CT molecular complexity index is 221. The van der Waals surface area contributed by atoms with Crippen molar-refractivity contribution in [3.8, 4) is 0 Å². The van der Waals surface area contributed by atoms with Gasteiger partial charge in [-0.15, -0.1) is 0 Å². The molecule has 0 spiro atoms. The predicted molar refractivity (Wildman–Crippen MR) is 53.5 cm³/mol. The van der Waals surface area contributed by atoms with Crippen LogP contribution in [0.3, 0.4) is 0 Å². The van der Waals surface area contributed by atoms with Crippen LogP contribution in [-0.4, -0.2) is 5.78 Å². The third kappa shape index (κ3) is 2.43. The van der Waals surface area contributed by atoms with Crippen LogP contribution in [0.25, 0.3) is 0 Å². The number of hydrogen-bond donors (Lipinski definition) is 0. The van der Waals surface area contributed by atoms with E-state index in [-0.39, 0.29) is 0 Å². The van der Waals surface area contributed by atoms with Gasteiger partial charge >= 0.3 is 0 Å². The highest BCUT2D eigenvalue weighted by Gasteiger charge is 2.18. The van der Waals surface area contributed by atoms with E-state index in [0.717, 1.165) is 18.8 Å². The highest BCUT2D eigenvalue weighted by atomic mass is 16.1. The quantitative estimate of drug-likeness (QED) is 0.593. The molecule has 0 heterocycles. The monoisotopic (exact) mass is 178 g/mol. The molecule has 0 N–H and O–H groups in total. The van der Waals surface area contributed by atoms with Crippen LogP contribution >= 0.6 is 0 Å². The van der Waals surface area contributed by atoms with Gasteiger partial charge in [-0.25, -0.2) is 0 Å². The normalized spacial score (nSPS) is 24.9. The van der Waals surface area contributed by atoms with E-state index in [4.69, 9.17) is 0 Å². The molecule has 0 aromatic heterocycles. The fourth-order valence-corrected chi connectivity index (χ4v) is 2.53. The van der Waals surface area contributed by atoms with Crippen molar-refractivity contribution in [1.82, 2.24) is 0 Å². The van der Waals surface area contributed by atoms with E-state index in [1.54, 1.807) is 5.57 Å². The van der Waals surface area contributed by atoms with Crippen LogP contribution in [0.1, 0.15) is 51.4 Å². The molecule has 2 aliphatic carbocycles. The molecule has 0 amide bonds. The second-order valence-corrected chi connectivity index (χ2v) is 4.46. The number of ketones is 1. The summed E-state index contributed by atoms with van der Waals surface area (Å²) in [4.78, 5) is 11.0. The van der Waals surface area contributed by atoms with Gasteiger partial charge < -0.3 is 0 Å². The number of Topliss-reactive ketones (excluding diaryl/α,β-unsaturated/α-hetero) is 1. The van der Waals surface area contributed by atoms with Crippen molar-refractivity contribution < 1.29 is 4.79 Å². The lowest BCUT2D eigenvalue weighted by Gasteiger charge is -2.15. The molecule has 0 aromatic rings. The number of hydrogen-bond acceptors (Lipinski definition) is 1. The number of rotatable bonds is 2. The Hall–Kier alpha value is -0.590. The Morgan fingerprint density at radius 3 is 2.62 bits per heavy atom. The zero-order valence-electron chi connectivity index (χ0n) is 8.22. The average Bonchev–Trinajstić information content (AvgIpc) is 2.62. The van der Waals surface area contributed by atoms with Crippen molar-refractivity contribution >= 4 is 5.78 Å². The van der Waals surface area contributed by atoms with Gasteiger partial charge in [-0.2, -0.15) is 0 Å². The third-order valence-corrected chi connectivity index (χ3v) is 3.37. The van der Waals surface area contributed by atoms with E-state index in [1.807, 2.05) is 0 Å². The standard InChI is InChI=1S/C12H18O/c13-12-7-5-11(6-8-12)9-10-3-1-2-4-10/h5,10H,1-4,6-9H2. The first-order valence-electron chi connectivity index (χ1n) is 5.54. The SMILES string of the molecule is O=C1CC=C(CC2CCCC2)CC1. The molecule has 0 aliphatic heterocycles. The molecule has 1 heteroatoms. The van der Waals surface area contributed by atoms with Gasteiger partial charge in [0.2, 0.25) is 0 Å². The van der Waals surface area contributed by atoms with E-state index in [1.165, 1.54) is 32.1 Å². The second kappa shape index (κ2) is 4.08. The van der Waals surface area contributed by atoms with Gasteiger partial charge in [0.05, 0.1) is 0 Å². The van der Waals surface area contributed by atoms with Crippen molar-refractivity contribution in [3.63, 3.8) is 0 Å². The molecule has 0 radical (unpaired) electrons. The minimum Gasteiger partial charge on any atom is -0.299 e. The van der Waals surface area contributed by atoms with E-state index < -0.39 is 0 Å². The minimum absolute atomic E-state index is 0.426. The fraction of sp³-hybridized carbons (Fsp3) is 0.750. The molecule has 72 valence electrons. The van der Waals surface area contributed by atoms with E-state index in [0.29, 0.717) is 12.2 Å². The van der Waals surface area contributed by atoms with Crippen molar-refractivity contribution in [2.24, 2.45) is 5.92 Å². The lowest BCUT2D eigenvalue weighted by atomic mass is 9.90. The molecule has 2 rings (SSSR count). The topological polar surface area (TPSA) is 17.1 Å². The lowest BCUT2D eigenvalue weighted by molar-refractivity contribution is -0.118. The molecule has 0 unspecified atom stereocenters. The zero-order chi connectivity index (χ0) is 9.10. The van der Waals surface area contributed by atoms with Crippen molar-refractivity contribution in [2.75, 3.05) is 0 Å². The number of allylic oxidation sites excluding steroid dienone is 2. The van der Waals surface area contributed by atoms with Crippen LogP contribution in [-0.2, 0) is 4.79 Å². The van der Waals surface area contributed by atoms with Crippen LogP contribution in [0.5, 0.6) is 0 Å². The summed E-state index contributed by atoms with van der Waals surface area (Å²) in [5, 5.41) is 0. The van der Waals surface area contributed by atoms with Gasteiger partial charge in [0.15, 0.2) is 0 Å². The summed E-state index contributed by atoms with van der Waals surface area (Å²) in [7, 11) is 0. The maximum Gasteiger partial charge on any atom is 0.136 e. The van der Waals surface area contributed by atoms with Gasteiger partial charge in [0, 0.05) is 12.8 Å². The Morgan fingerprint density at radius 1 is 1.23 bits per heavy atom. The highest BCUT2D eigenvalue weighted by molar-refractivity contribution is 5.81. The molecule has 1 nitrogen and oxygen atoms in total. The fourth-order valence-electron chi connectivity index (χ4n) is 2.53. The first-order valence-corrected chi connectivity index (χ1v) is 5.54. The predicted octanol–water partition coefficient (Wildman–Crippen LogP) is 3.25. The summed E-state index contributed by atoms with van der Waals surface area (Å²) in [6.45, 7) is 0. The number of carbonyl (C=O) groups excluding carboxylic acids is 1. The summed E-state index contributed by atoms with van der Waals surface area (Å²) in [5.74, 6) is 1.37. The van der Waals surface area contributed by atoms with Gasteiger partial charge in [-0.1, -0.05) is 37.3 Å². The lowest BCUT2D eigenvalue weighted by Crippen LogP contribution is -2.06. The van der Waals surface area contributed by atoms with Gasteiger partial charge in [0.25, 0.3) is 0 Å². The largest absolute Gasteiger partial charge is 0.299 e. The first-order chi connectivity index (χ1) is 6.34. The smallest absolute Gasteiger partial charge is 0.136 e. The van der Waals surface area contributed by atoms with Gasteiger partial charge in [0.1, 0.15) is 5.78 Å². The maximum absolute atomic E-state index is 11.0. The number of carbonyl (C=O) groups is 1. The molecular formula is C12H18O. The summed E-state index contributed by atoms with van der Waals surface area (Å²) in [5.41, 5.74) is 1.56. The van der Waals surface area contributed by atoms with Crippen molar-refractivity contribution in [2.45, 2.75) is 51.4 Å². The van der Waals surface area contributed by atoms with Crippen molar-refractivity contribution in [3.05, 3.63) is 11.6 Å². The molecular weight excluding hydrogens is 160 g/mol. The second-order valence-electron chi connectivity index (χ2n) is 4.46. The Kier molecular flexibility index (Phi) is 2.82. The summed E-state index contributed by atoms with van der Waals surface area (Å²) >= 11 is 0. The molecule has 1 fully saturated rings. The molecule has 0 atom stereocenters. The third-order valence-electron chi connectivity index (χ3n) is 3.37. The average molecular weight is 178 g/mol. The Labute approximate surface area is 80.2 Å². The van der Waals surface area contributed by atoms with Gasteiger partial charge in [-0.05, 0) is 18.8 Å². The molecule has 13 heavy (non-hydrogen) atoms. The van der Waals surface area contributed by atoms with Crippen LogP contribution in [0.15, 0.2) is 11.6 Å². The molecule has 2 aliphatic rings. The Morgan fingerprint density at radius 2 is 2.00 bits per heavy atom. The van der Waals surface area contributed by atoms with Gasteiger partial charge in [-0.3, -0.25) is 4.79 Å². The van der Waals surface area contributed by atoms with Crippen molar-refractivity contribution in [1.29, 1.82) is 0 Å². The highest BCUT2D eigenvalue weighted by Crippen LogP contribution is 2.32. The van der Waals surface area contributed by atoms with E-state index >= 15 is 0 Å². The molecule has 0 saturated heterocycles. The zero-order valence-corrected chi connectivity index (χ0v) is 8.22. The summed E-state index contributed by atoms with van der Waals surface area (Å²) < 4.78 is 0. The van der Waals surface area contributed by atoms with E-state index in [2.05, 4.69) is 6.08 Å².